The lowest BCUT2D eigenvalue weighted by atomic mass is 9.94. The van der Waals surface area contributed by atoms with Crippen LogP contribution < -0.4 is 10.2 Å². The van der Waals surface area contributed by atoms with Crippen molar-refractivity contribution in [1.29, 1.82) is 5.26 Å². The molecular formula is C24H21F3N4O4. The number of hydrogen-bond acceptors (Lipinski definition) is 5. The molecule has 2 aromatic carbocycles. The van der Waals surface area contributed by atoms with Gasteiger partial charge in [0.1, 0.15) is 0 Å². The number of urea groups is 1. The van der Waals surface area contributed by atoms with E-state index >= 15 is 0 Å². The summed E-state index contributed by atoms with van der Waals surface area (Å²) in [6.45, 7) is 0.216. The van der Waals surface area contributed by atoms with Crippen LogP contribution in [0.2, 0.25) is 0 Å². The topological polar surface area (TPSA) is 106 Å². The second kappa shape index (κ2) is 9.77. The molecule has 0 aliphatic carbocycles. The van der Waals surface area contributed by atoms with Gasteiger partial charge in [-0.25, -0.2) is 4.79 Å². The van der Waals surface area contributed by atoms with Crippen molar-refractivity contribution in [2.75, 3.05) is 37.8 Å². The first-order chi connectivity index (χ1) is 16.7. The van der Waals surface area contributed by atoms with Gasteiger partial charge in [0.05, 0.1) is 66.6 Å². The molecule has 182 valence electrons. The fourth-order valence-electron chi connectivity index (χ4n) is 4.11. The zero-order chi connectivity index (χ0) is 25.2. The van der Waals surface area contributed by atoms with E-state index in [-0.39, 0.29) is 55.8 Å². The Bertz CT molecular complexity index is 1200. The minimum atomic E-state index is -4.61. The smallest absolute Gasteiger partial charge is 0.394 e. The Morgan fingerprint density at radius 3 is 2.54 bits per heavy atom. The molecule has 35 heavy (non-hydrogen) atoms. The van der Waals surface area contributed by atoms with Gasteiger partial charge in [-0.1, -0.05) is 18.2 Å². The second-order valence-corrected chi connectivity index (χ2v) is 7.92. The molecule has 2 aromatic rings. The number of rotatable bonds is 7. The van der Waals surface area contributed by atoms with Crippen LogP contribution in [0.4, 0.5) is 23.7 Å². The lowest BCUT2D eigenvalue weighted by Gasteiger charge is -2.33. The Labute approximate surface area is 198 Å². The molecule has 2 N–H and O–H groups in total. The van der Waals surface area contributed by atoms with Crippen molar-refractivity contribution in [2.24, 2.45) is 0 Å². The SMILES string of the molecule is N#Cc1ccc(C2NC(=O)N(c3cccc(C(F)(F)F)c3)C3=C2C(=O)N(CCOCCO)C3)cc1. The number of carbonyl (C=O) groups excluding carboxylic acids is 2. The molecule has 1 atom stereocenters. The van der Waals surface area contributed by atoms with Gasteiger partial charge < -0.3 is 20.1 Å². The number of nitrogens with one attached hydrogen (secondary N) is 1. The molecule has 0 saturated carbocycles. The lowest BCUT2D eigenvalue weighted by molar-refractivity contribution is -0.137. The Morgan fingerprint density at radius 2 is 1.89 bits per heavy atom. The standard InChI is InChI=1S/C24H21F3N4O4/c25-24(26,27)17-2-1-3-18(12-17)31-19-14-30(8-10-35-11-9-32)22(33)20(19)21(29-23(31)34)16-6-4-15(13-28)5-7-16/h1-7,12,21,32H,8-11,14H2,(H,29,34). The quantitative estimate of drug-likeness (QED) is 0.586. The molecule has 0 bridgehead atoms. The molecule has 11 heteroatoms. The average Bonchev–Trinajstić information content (AvgIpc) is 3.16. The highest BCUT2D eigenvalue weighted by molar-refractivity contribution is 6.07. The molecule has 1 unspecified atom stereocenters. The van der Waals surface area contributed by atoms with E-state index in [2.05, 4.69) is 5.32 Å². The molecular weight excluding hydrogens is 465 g/mol. The Balaban J connectivity index is 1.74. The van der Waals surface area contributed by atoms with Gasteiger partial charge in [-0.15, -0.1) is 0 Å². The van der Waals surface area contributed by atoms with Crippen LogP contribution in [0, 0.1) is 11.3 Å². The summed E-state index contributed by atoms with van der Waals surface area (Å²) >= 11 is 0. The van der Waals surface area contributed by atoms with E-state index < -0.39 is 23.8 Å². The highest BCUT2D eigenvalue weighted by atomic mass is 19.4. The monoisotopic (exact) mass is 486 g/mol. The second-order valence-electron chi connectivity index (χ2n) is 7.92. The molecule has 2 heterocycles. The maximum atomic E-state index is 13.4. The number of halogens is 3. The zero-order valence-electron chi connectivity index (χ0n) is 18.4. The molecule has 0 radical (unpaired) electrons. The average molecular weight is 486 g/mol. The summed E-state index contributed by atoms with van der Waals surface area (Å²) in [7, 11) is 0. The van der Waals surface area contributed by atoms with Gasteiger partial charge in [-0.2, -0.15) is 18.4 Å². The third-order valence-corrected chi connectivity index (χ3v) is 5.74. The molecule has 2 aliphatic heterocycles. The van der Waals surface area contributed by atoms with Gasteiger partial charge in [-0.3, -0.25) is 9.69 Å². The van der Waals surface area contributed by atoms with Crippen molar-refractivity contribution >= 4 is 17.6 Å². The van der Waals surface area contributed by atoms with Gasteiger partial charge in [0.15, 0.2) is 0 Å². The number of aliphatic hydroxyl groups excluding tert-OH is 1. The highest BCUT2D eigenvalue weighted by Crippen LogP contribution is 2.40. The van der Waals surface area contributed by atoms with Gasteiger partial charge in [0, 0.05) is 6.54 Å². The molecule has 0 spiro atoms. The van der Waals surface area contributed by atoms with Crippen LogP contribution in [0.15, 0.2) is 59.8 Å². The van der Waals surface area contributed by atoms with Crippen LogP contribution in [-0.2, 0) is 15.7 Å². The van der Waals surface area contributed by atoms with E-state index in [0.717, 1.165) is 17.0 Å². The fourth-order valence-corrected chi connectivity index (χ4v) is 4.11. The number of anilines is 1. The molecule has 8 nitrogen and oxygen atoms in total. The van der Waals surface area contributed by atoms with Crippen LogP contribution in [0.3, 0.4) is 0 Å². The number of hydrogen-bond donors (Lipinski definition) is 2. The Hall–Kier alpha value is -3.88. The number of amides is 3. The van der Waals surface area contributed by atoms with Crippen molar-refractivity contribution in [3.63, 3.8) is 0 Å². The number of carbonyl (C=O) groups is 2. The van der Waals surface area contributed by atoms with Crippen molar-refractivity contribution in [1.82, 2.24) is 10.2 Å². The molecule has 4 rings (SSSR count). The van der Waals surface area contributed by atoms with Crippen molar-refractivity contribution in [2.45, 2.75) is 12.2 Å². The van der Waals surface area contributed by atoms with E-state index in [4.69, 9.17) is 15.1 Å². The summed E-state index contributed by atoms with van der Waals surface area (Å²) in [4.78, 5) is 29.1. The van der Waals surface area contributed by atoms with Crippen LogP contribution in [0.5, 0.6) is 0 Å². The number of benzene rings is 2. The van der Waals surface area contributed by atoms with E-state index in [1.807, 2.05) is 6.07 Å². The Morgan fingerprint density at radius 1 is 1.14 bits per heavy atom. The summed E-state index contributed by atoms with van der Waals surface area (Å²) in [5.74, 6) is -0.390. The van der Waals surface area contributed by atoms with Gasteiger partial charge in [0.2, 0.25) is 0 Å². The number of nitriles is 1. The van der Waals surface area contributed by atoms with E-state index in [0.29, 0.717) is 11.1 Å². The lowest BCUT2D eigenvalue weighted by Crippen LogP contribution is -2.47. The predicted octanol–water partition coefficient (Wildman–Crippen LogP) is 2.95. The maximum Gasteiger partial charge on any atom is 0.416 e. The number of ether oxygens (including phenoxy) is 1. The number of alkyl halides is 3. The third kappa shape index (κ3) is 4.84. The normalized spacial score (nSPS) is 18.0. The van der Waals surface area contributed by atoms with E-state index in [9.17, 15) is 22.8 Å². The highest BCUT2D eigenvalue weighted by Gasteiger charge is 2.45. The first kappa shape index (κ1) is 24.3. The van der Waals surface area contributed by atoms with Gasteiger partial charge in [-0.05, 0) is 35.9 Å². The molecule has 2 aliphatic rings. The van der Waals surface area contributed by atoms with Crippen molar-refractivity contribution in [3.8, 4) is 6.07 Å². The molecule has 0 aromatic heterocycles. The summed E-state index contributed by atoms with van der Waals surface area (Å²) in [6, 6.07) is 11.2. The van der Waals surface area contributed by atoms with Crippen LogP contribution in [-0.4, -0.2) is 54.9 Å². The van der Waals surface area contributed by atoms with E-state index in [1.54, 1.807) is 24.3 Å². The summed E-state index contributed by atoms with van der Waals surface area (Å²) < 4.78 is 45.2. The minimum Gasteiger partial charge on any atom is -0.394 e. The van der Waals surface area contributed by atoms with Gasteiger partial charge in [0.25, 0.3) is 5.91 Å². The van der Waals surface area contributed by atoms with Crippen LogP contribution in [0.1, 0.15) is 22.7 Å². The maximum absolute atomic E-state index is 13.4. The largest absolute Gasteiger partial charge is 0.416 e. The molecule has 3 amide bonds. The summed E-state index contributed by atoms with van der Waals surface area (Å²) in [6.07, 6.45) is -4.61. The zero-order valence-corrected chi connectivity index (χ0v) is 18.4. The first-order valence-electron chi connectivity index (χ1n) is 10.7. The fraction of sp³-hybridized carbons (Fsp3) is 0.292. The van der Waals surface area contributed by atoms with Crippen molar-refractivity contribution in [3.05, 3.63) is 76.5 Å². The van der Waals surface area contributed by atoms with Crippen LogP contribution in [0.25, 0.3) is 0 Å². The summed E-state index contributed by atoms with van der Waals surface area (Å²) in [5.41, 5.74) is 0.520. The van der Waals surface area contributed by atoms with E-state index in [1.165, 1.54) is 17.0 Å². The minimum absolute atomic E-state index is 0.00685. The van der Waals surface area contributed by atoms with Gasteiger partial charge >= 0.3 is 12.2 Å². The molecule has 0 saturated heterocycles. The predicted molar refractivity (Wildman–Crippen MR) is 118 cm³/mol. The first-order valence-corrected chi connectivity index (χ1v) is 10.7. The number of aliphatic hydroxyl groups is 1. The molecule has 0 fully saturated rings. The summed E-state index contributed by atoms with van der Waals surface area (Å²) in [5, 5.41) is 20.7. The van der Waals surface area contributed by atoms with Crippen LogP contribution >= 0.6 is 0 Å². The Kier molecular flexibility index (Phi) is 6.77. The number of nitrogens with zero attached hydrogens (tertiary/aromatic N) is 3. The van der Waals surface area contributed by atoms with Crippen molar-refractivity contribution < 1.29 is 32.6 Å². The third-order valence-electron chi connectivity index (χ3n) is 5.74.